The van der Waals surface area contributed by atoms with E-state index in [1.807, 2.05) is 6.92 Å². The molecule has 0 aromatic carbocycles. The maximum Gasteiger partial charge on any atom is 0.0571 e. The monoisotopic (exact) mass is 170 g/mol. The Kier molecular flexibility index (Phi) is 3.09. The molecule has 1 saturated carbocycles. The SMILES string of the molecule is C/C(=N\O)C1CCC(C)C(N)C1. The van der Waals surface area contributed by atoms with E-state index < -0.39 is 0 Å². The highest BCUT2D eigenvalue weighted by atomic mass is 16.4. The van der Waals surface area contributed by atoms with Crippen molar-refractivity contribution in [1.82, 2.24) is 0 Å². The van der Waals surface area contributed by atoms with Gasteiger partial charge in [0.05, 0.1) is 5.71 Å². The van der Waals surface area contributed by atoms with Crippen LogP contribution in [0.1, 0.15) is 33.1 Å². The van der Waals surface area contributed by atoms with Gasteiger partial charge in [-0.05, 0) is 32.1 Å². The maximum atomic E-state index is 8.59. The lowest BCUT2D eigenvalue weighted by Crippen LogP contribution is -2.37. The molecular weight excluding hydrogens is 152 g/mol. The molecule has 1 aliphatic carbocycles. The van der Waals surface area contributed by atoms with Gasteiger partial charge in [-0.25, -0.2) is 0 Å². The fourth-order valence-electron chi connectivity index (χ4n) is 1.82. The van der Waals surface area contributed by atoms with E-state index >= 15 is 0 Å². The second-order valence-corrected chi connectivity index (χ2v) is 3.89. The molecule has 1 aliphatic rings. The minimum atomic E-state index is 0.278. The molecule has 0 aromatic heterocycles. The first-order valence-corrected chi connectivity index (χ1v) is 4.59. The Labute approximate surface area is 73.6 Å². The highest BCUT2D eigenvalue weighted by Crippen LogP contribution is 2.28. The standard InChI is InChI=1S/C9H18N2O/c1-6-3-4-8(5-9(6)10)7(2)11-12/h6,8-9,12H,3-5,10H2,1-2H3/b11-7+. The zero-order chi connectivity index (χ0) is 9.14. The molecule has 0 saturated heterocycles. The van der Waals surface area contributed by atoms with Gasteiger partial charge in [-0.1, -0.05) is 12.1 Å². The van der Waals surface area contributed by atoms with Crippen LogP contribution in [0.2, 0.25) is 0 Å². The Morgan fingerprint density at radius 3 is 2.67 bits per heavy atom. The lowest BCUT2D eigenvalue weighted by Gasteiger charge is -2.31. The Bertz CT molecular complexity index is 179. The summed E-state index contributed by atoms with van der Waals surface area (Å²) in [6.45, 7) is 4.06. The summed E-state index contributed by atoms with van der Waals surface area (Å²) in [5.41, 5.74) is 6.76. The number of oxime groups is 1. The number of hydrogen-bond acceptors (Lipinski definition) is 3. The quantitative estimate of drug-likeness (QED) is 0.357. The van der Waals surface area contributed by atoms with Crippen LogP contribution in [0.3, 0.4) is 0 Å². The molecule has 3 nitrogen and oxygen atoms in total. The molecule has 3 atom stereocenters. The first-order valence-electron chi connectivity index (χ1n) is 4.59. The summed E-state index contributed by atoms with van der Waals surface area (Å²) in [4.78, 5) is 0. The smallest absolute Gasteiger partial charge is 0.0571 e. The van der Waals surface area contributed by atoms with Gasteiger partial charge < -0.3 is 10.9 Å². The average molecular weight is 170 g/mol. The van der Waals surface area contributed by atoms with Gasteiger partial charge in [0.15, 0.2) is 0 Å². The van der Waals surface area contributed by atoms with Crippen LogP contribution in [0, 0.1) is 11.8 Å². The summed E-state index contributed by atoms with van der Waals surface area (Å²) in [6, 6.07) is 0.278. The van der Waals surface area contributed by atoms with Crippen molar-refractivity contribution in [3.05, 3.63) is 0 Å². The summed E-state index contributed by atoms with van der Waals surface area (Å²) in [6.07, 6.45) is 3.24. The van der Waals surface area contributed by atoms with Crippen molar-refractivity contribution < 1.29 is 5.21 Å². The fraction of sp³-hybridized carbons (Fsp3) is 0.889. The van der Waals surface area contributed by atoms with Gasteiger partial charge in [0.25, 0.3) is 0 Å². The Morgan fingerprint density at radius 2 is 2.17 bits per heavy atom. The van der Waals surface area contributed by atoms with E-state index in [1.54, 1.807) is 0 Å². The second kappa shape index (κ2) is 3.90. The van der Waals surface area contributed by atoms with E-state index in [0.717, 1.165) is 25.0 Å². The van der Waals surface area contributed by atoms with E-state index in [0.29, 0.717) is 11.8 Å². The third-order valence-corrected chi connectivity index (χ3v) is 3.01. The molecule has 0 bridgehead atoms. The van der Waals surface area contributed by atoms with Gasteiger partial charge >= 0.3 is 0 Å². The van der Waals surface area contributed by atoms with Crippen LogP contribution in [0.4, 0.5) is 0 Å². The van der Waals surface area contributed by atoms with Crippen LogP contribution in [0.25, 0.3) is 0 Å². The summed E-state index contributed by atoms with van der Waals surface area (Å²) < 4.78 is 0. The van der Waals surface area contributed by atoms with E-state index in [9.17, 15) is 0 Å². The lowest BCUT2D eigenvalue weighted by atomic mass is 9.78. The van der Waals surface area contributed by atoms with E-state index in [2.05, 4.69) is 12.1 Å². The predicted molar refractivity (Wildman–Crippen MR) is 49.4 cm³/mol. The van der Waals surface area contributed by atoms with Crippen LogP contribution in [-0.4, -0.2) is 17.0 Å². The van der Waals surface area contributed by atoms with Crippen molar-refractivity contribution in [2.45, 2.75) is 39.2 Å². The number of nitrogens with two attached hydrogens (primary N) is 1. The van der Waals surface area contributed by atoms with Gasteiger partial charge in [0, 0.05) is 12.0 Å². The van der Waals surface area contributed by atoms with Crippen LogP contribution >= 0.6 is 0 Å². The van der Waals surface area contributed by atoms with Crippen molar-refractivity contribution >= 4 is 5.71 Å². The second-order valence-electron chi connectivity index (χ2n) is 3.89. The fourth-order valence-corrected chi connectivity index (χ4v) is 1.82. The van der Waals surface area contributed by atoms with E-state index in [1.165, 1.54) is 0 Å². The first kappa shape index (κ1) is 9.52. The molecule has 0 heterocycles. The molecule has 0 aliphatic heterocycles. The van der Waals surface area contributed by atoms with E-state index in [-0.39, 0.29) is 6.04 Å². The molecule has 3 heteroatoms. The molecule has 70 valence electrons. The van der Waals surface area contributed by atoms with Crippen LogP contribution < -0.4 is 5.73 Å². The average Bonchev–Trinajstić information content (AvgIpc) is 2.08. The molecule has 0 spiro atoms. The van der Waals surface area contributed by atoms with Gasteiger partial charge in [0.1, 0.15) is 0 Å². The third kappa shape index (κ3) is 1.97. The summed E-state index contributed by atoms with van der Waals surface area (Å²) in [5, 5.41) is 11.8. The zero-order valence-electron chi connectivity index (χ0n) is 7.83. The van der Waals surface area contributed by atoms with Crippen LogP contribution in [0.15, 0.2) is 5.16 Å². The van der Waals surface area contributed by atoms with Crippen molar-refractivity contribution in [1.29, 1.82) is 0 Å². The van der Waals surface area contributed by atoms with Gasteiger partial charge in [-0.3, -0.25) is 0 Å². The first-order chi connectivity index (χ1) is 5.65. The molecule has 12 heavy (non-hydrogen) atoms. The number of hydrogen-bond donors (Lipinski definition) is 2. The largest absolute Gasteiger partial charge is 0.411 e. The van der Waals surface area contributed by atoms with Crippen molar-refractivity contribution in [2.75, 3.05) is 0 Å². The molecule has 1 rings (SSSR count). The van der Waals surface area contributed by atoms with Crippen molar-refractivity contribution in [3.63, 3.8) is 0 Å². The lowest BCUT2D eigenvalue weighted by molar-refractivity contribution is 0.278. The third-order valence-electron chi connectivity index (χ3n) is 3.01. The van der Waals surface area contributed by atoms with E-state index in [4.69, 9.17) is 10.9 Å². The number of nitrogens with zero attached hydrogens (tertiary/aromatic N) is 1. The minimum Gasteiger partial charge on any atom is -0.411 e. The highest BCUT2D eigenvalue weighted by molar-refractivity contribution is 5.83. The summed E-state index contributed by atoms with van der Waals surface area (Å²) >= 11 is 0. The Balaban J connectivity index is 2.51. The molecule has 3 N–H and O–H groups in total. The molecule has 0 aromatic rings. The molecule has 1 fully saturated rings. The van der Waals surface area contributed by atoms with Gasteiger partial charge in [-0.15, -0.1) is 0 Å². The van der Waals surface area contributed by atoms with Crippen LogP contribution in [-0.2, 0) is 0 Å². The molecular formula is C9H18N2O. The molecule has 0 radical (unpaired) electrons. The predicted octanol–water partition coefficient (Wildman–Crippen LogP) is 1.60. The van der Waals surface area contributed by atoms with Crippen molar-refractivity contribution in [3.8, 4) is 0 Å². The Hall–Kier alpha value is -0.570. The van der Waals surface area contributed by atoms with Gasteiger partial charge in [-0.2, -0.15) is 0 Å². The highest BCUT2D eigenvalue weighted by Gasteiger charge is 2.26. The normalized spacial score (nSPS) is 38.2. The molecule has 3 unspecified atom stereocenters. The topological polar surface area (TPSA) is 58.6 Å². The number of rotatable bonds is 1. The minimum absolute atomic E-state index is 0.278. The zero-order valence-corrected chi connectivity index (χ0v) is 7.83. The summed E-state index contributed by atoms with van der Waals surface area (Å²) in [7, 11) is 0. The maximum absolute atomic E-state index is 8.59. The van der Waals surface area contributed by atoms with Crippen molar-refractivity contribution in [2.24, 2.45) is 22.7 Å². The van der Waals surface area contributed by atoms with Gasteiger partial charge in [0.2, 0.25) is 0 Å². The molecule has 0 amide bonds. The Morgan fingerprint density at radius 1 is 1.50 bits per heavy atom. The van der Waals surface area contributed by atoms with Crippen LogP contribution in [0.5, 0.6) is 0 Å². The summed E-state index contributed by atoms with van der Waals surface area (Å²) in [5.74, 6) is 1.02.